The van der Waals surface area contributed by atoms with Crippen LogP contribution in [0.15, 0.2) is 72.8 Å². The van der Waals surface area contributed by atoms with E-state index in [9.17, 15) is 4.79 Å². The summed E-state index contributed by atoms with van der Waals surface area (Å²) >= 11 is 0. The molecule has 1 aromatic heterocycles. The van der Waals surface area contributed by atoms with E-state index in [1.807, 2.05) is 42.5 Å². The van der Waals surface area contributed by atoms with E-state index in [4.69, 9.17) is 14.5 Å². The van der Waals surface area contributed by atoms with Crippen LogP contribution in [0.1, 0.15) is 28.2 Å². The molecule has 0 aliphatic carbocycles. The maximum Gasteiger partial charge on any atom is 0.255 e. The number of nitrogens with zero attached hydrogens (tertiary/aromatic N) is 2. The summed E-state index contributed by atoms with van der Waals surface area (Å²) in [4.78, 5) is 17.4. The standard InChI is InChI=1S/C26H27N3O3/c1-31-20-15-13-19(14-16-20)18-29-23-10-5-4-9-22(23)28-25(29)12-7-17-27-26(30)21-8-3-6-11-24(21)32-2/h3-6,8-11,13-16H,7,12,17-18H2,1-2H3,(H,27,30). The van der Waals surface area contributed by atoms with Gasteiger partial charge in [0.05, 0.1) is 30.8 Å². The third-order valence-corrected chi connectivity index (χ3v) is 5.45. The predicted molar refractivity (Wildman–Crippen MR) is 125 cm³/mol. The van der Waals surface area contributed by atoms with Gasteiger partial charge in [0.1, 0.15) is 17.3 Å². The van der Waals surface area contributed by atoms with Crippen molar-refractivity contribution in [1.29, 1.82) is 0 Å². The summed E-state index contributed by atoms with van der Waals surface area (Å²) in [5.74, 6) is 2.30. The smallest absolute Gasteiger partial charge is 0.255 e. The third-order valence-electron chi connectivity index (χ3n) is 5.45. The van der Waals surface area contributed by atoms with E-state index < -0.39 is 0 Å². The summed E-state index contributed by atoms with van der Waals surface area (Å²) in [6, 6.07) is 23.5. The summed E-state index contributed by atoms with van der Waals surface area (Å²) in [7, 11) is 3.24. The summed E-state index contributed by atoms with van der Waals surface area (Å²) in [5.41, 5.74) is 3.81. The van der Waals surface area contributed by atoms with E-state index in [0.717, 1.165) is 42.0 Å². The Balaban J connectivity index is 1.44. The van der Waals surface area contributed by atoms with Crippen molar-refractivity contribution >= 4 is 16.9 Å². The number of ether oxygens (including phenoxy) is 2. The number of rotatable bonds is 9. The van der Waals surface area contributed by atoms with Crippen LogP contribution in [-0.2, 0) is 13.0 Å². The van der Waals surface area contributed by atoms with Crippen LogP contribution < -0.4 is 14.8 Å². The number of imidazole rings is 1. The Labute approximate surface area is 187 Å². The number of para-hydroxylation sites is 3. The van der Waals surface area contributed by atoms with Gasteiger partial charge >= 0.3 is 0 Å². The van der Waals surface area contributed by atoms with Gasteiger partial charge in [0.25, 0.3) is 5.91 Å². The van der Waals surface area contributed by atoms with Crippen molar-refractivity contribution in [2.45, 2.75) is 19.4 Å². The number of nitrogens with one attached hydrogen (secondary N) is 1. The summed E-state index contributed by atoms with van der Waals surface area (Å²) < 4.78 is 12.8. The van der Waals surface area contributed by atoms with E-state index in [1.54, 1.807) is 26.4 Å². The first-order valence-corrected chi connectivity index (χ1v) is 10.7. The Morgan fingerprint density at radius 1 is 0.938 bits per heavy atom. The second-order valence-electron chi connectivity index (χ2n) is 7.51. The number of carbonyl (C=O) groups is 1. The quantitative estimate of drug-likeness (QED) is 0.399. The molecule has 0 saturated heterocycles. The predicted octanol–water partition coefficient (Wildman–Crippen LogP) is 4.46. The van der Waals surface area contributed by atoms with Gasteiger partial charge in [-0.1, -0.05) is 36.4 Å². The minimum atomic E-state index is -0.130. The van der Waals surface area contributed by atoms with Gasteiger partial charge in [-0.15, -0.1) is 0 Å². The van der Waals surface area contributed by atoms with Crippen LogP contribution in [0, 0.1) is 0 Å². The molecule has 0 unspecified atom stereocenters. The number of hydrogen-bond acceptors (Lipinski definition) is 4. The van der Waals surface area contributed by atoms with Crippen molar-refractivity contribution in [1.82, 2.24) is 14.9 Å². The van der Waals surface area contributed by atoms with Gasteiger partial charge in [0.15, 0.2) is 0 Å². The Morgan fingerprint density at radius 2 is 1.69 bits per heavy atom. The SMILES string of the molecule is COc1ccc(Cn2c(CCCNC(=O)c3ccccc3OC)nc3ccccc32)cc1. The number of aryl methyl sites for hydroxylation is 1. The highest BCUT2D eigenvalue weighted by molar-refractivity contribution is 5.96. The fraction of sp³-hybridized carbons (Fsp3) is 0.231. The van der Waals surface area contributed by atoms with E-state index in [0.29, 0.717) is 17.9 Å². The van der Waals surface area contributed by atoms with Gasteiger partial charge in [-0.05, 0) is 48.4 Å². The van der Waals surface area contributed by atoms with Crippen molar-refractivity contribution in [3.63, 3.8) is 0 Å². The lowest BCUT2D eigenvalue weighted by molar-refractivity contribution is 0.0950. The average Bonchev–Trinajstić information content (AvgIpc) is 3.19. The monoisotopic (exact) mass is 429 g/mol. The lowest BCUT2D eigenvalue weighted by atomic mass is 10.2. The molecule has 6 heteroatoms. The van der Waals surface area contributed by atoms with E-state index in [-0.39, 0.29) is 5.91 Å². The minimum Gasteiger partial charge on any atom is -0.497 e. The highest BCUT2D eigenvalue weighted by atomic mass is 16.5. The summed E-state index contributed by atoms with van der Waals surface area (Å²) in [5, 5.41) is 2.99. The summed E-state index contributed by atoms with van der Waals surface area (Å²) in [6.45, 7) is 1.29. The van der Waals surface area contributed by atoms with Crippen molar-refractivity contribution in [3.8, 4) is 11.5 Å². The molecule has 0 atom stereocenters. The normalized spacial score (nSPS) is 10.8. The number of hydrogen-bond donors (Lipinski definition) is 1. The van der Waals surface area contributed by atoms with Gasteiger partial charge in [-0.3, -0.25) is 4.79 Å². The number of aromatic nitrogens is 2. The summed E-state index contributed by atoms with van der Waals surface area (Å²) in [6.07, 6.45) is 1.55. The van der Waals surface area contributed by atoms with Crippen LogP contribution >= 0.6 is 0 Å². The molecule has 32 heavy (non-hydrogen) atoms. The molecule has 1 heterocycles. The second-order valence-corrected chi connectivity index (χ2v) is 7.51. The van der Waals surface area contributed by atoms with Gasteiger partial charge in [-0.25, -0.2) is 4.98 Å². The van der Waals surface area contributed by atoms with Crippen LogP contribution in [-0.4, -0.2) is 36.2 Å². The van der Waals surface area contributed by atoms with Gasteiger partial charge in [0.2, 0.25) is 0 Å². The zero-order chi connectivity index (χ0) is 22.3. The molecule has 0 saturated carbocycles. The van der Waals surface area contributed by atoms with Crippen molar-refractivity contribution < 1.29 is 14.3 Å². The number of carbonyl (C=O) groups excluding carboxylic acids is 1. The molecule has 6 nitrogen and oxygen atoms in total. The lowest BCUT2D eigenvalue weighted by Gasteiger charge is -2.11. The fourth-order valence-electron chi connectivity index (χ4n) is 3.78. The van der Waals surface area contributed by atoms with E-state index >= 15 is 0 Å². The van der Waals surface area contributed by atoms with Crippen LogP contribution in [0.4, 0.5) is 0 Å². The van der Waals surface area contributed by atoms with Gasteiger partial charge in [0, 0.05) is 19.5 Å². The molecule has 1 amide bonds. The third kappa shape index (κ3) is 4.75. The Kier molecular flexibility index (Phi) is 6.70. The maximum atomic E-state index is 12.5. The van der Waals surface area contributed by atoms with Crippen LogP contribution in [0.5, 0.6) is 11.5 Å². The molecule has 0 fully saturated rings. The van der Waals surface area contributed by atoms with Gasteiger partial charge in [-0.2, -0.15) is 0 Å². The topological polar surface area (TPSA) is 65.4 Å². The Bertz CT molecular complexity index is 1200. The molecule has 164 valence electrons. The maximum absolute atomic E-state index is 12.5. The van der Waals surface area contributed by atoms with Crippen LogP contribution in [0.2, 0.25) is 0 Å². The number of amides is 1. The van der Waals surface area contributed by atoms with Crippen molar-refractivity contribution in [2.24, 2.45) is 0 Å². The molecule has 0 aliphatic heterocycles. The lowest BCUT2D eigenvalue weighted by Crippen LogP contribution is -2.25. The molecular weight excluding hydrogens is 402 g/mol. The molecule has 3 aromatic carbocycles. The number of fused-ring (bicyclic) bond motifs is 1. The molecule has 0 radical (unpaired) electrons. The minimum absolute atomic E-state index is 0.130. The largest absolute Gasteiger partial charge is 0.497 e. The number of benzene rings is 3. The molecule has 4 aromatic rings. The zero-order valence-corrected chi connectivity index (χ0v) is 18.4. The first kappa shape index (κ1) is 21.4. The number of methoxy groups -OCH3 is 2. The molecule has 0 spiro atoms. The highest BCUT2D eigenvalue weighted by Gasteiger charge is 2.13. The van der Waals surface area contributed by atoms with Crippen LogP contribution in [0.25, 0.3) is 11.0 Å². The van der Waals surface area contributed by atoms with Crippen LogP contribution in [0.3, 0.4) is 0 Å². The zero-order valence-electron chi connectivity index (χ0n) is 18.4. The van der Waals surface area contributed by atoms with Crippen molar-refractivity contribution in [3.05, 3.63) is 89.7 Å². The van der Waals surface area contributed by atoms with E-state index in [2.05, 4.69) is 28.1 Å². The molecule has 1 N–H and O–H groups in total. The molecule has 0 aliphatic rings. The molecular formula is C26H27N3O3. The van der Waals surface area contributed by atoms with Gasteiger partial charge < -0.3 is 19.4 Å². The fourth-order valence-corrected chi connectivity index (χ4v) is 3.78. The Morgan fingerprint density at radius 3 is 2.47 bits per heavy atom. The first-order valence-electron chi connectivity index (χ1n) is 10.7. The highest BCUT2D eigenvalue weighted by Crippen LogP contribution is 2.21. The van der Waals surface area contributed by atoms with E-state index in [1.165, 1.54) is 5.56 Å². The molecule has 4 rings (SSSR count). The average molecular weight is 430 g/mol. The molecule has 0 bridgehead atoms. The van der Waals surface area contributed by atoms with Crippen molar-refractivity contribution in [2.75, 3.05) is 20.8 Å². The second kappa shape index (κ2) is 10.0. The Hall–Kier alpha value is -3.80. The first-order chi connectivity index (χ1) is 15.7.